The molecule has 2 aromatic carbocycles. The lowest BCUT2D eigenvalue weighted by atomic mass is 10.0. The average molecular weight is 468 g/mol. The normalized spacial score (nSPS) is 11.9. The van der Waals surface area contributed by atoms with Gasteiger partial charge in [-0.1, -0.05) is 26.0 Å². The van der Waals surface area contributed by atoms with E-state index in [1.165, 1.54) is 20.3 Å². The number of nitrogens with one attached hydrogen (secondary N) is 1. The van der Waals surface area contributed by atoms with Gasteiger partial charge in [-0.05, 0) is 43.0 Å². The van der Waals surface area contributed by atoms with Gasteiger partial charge in [0.2, 0.25) is 0 Å². The summed E-state index contributed by atoms with van der Waals surface area (Å²) in [4.78, 5) is 37.9. The van der Waals surface area contributed by atoms with Gasteiger partial charge in [0.05, 0.1) is 14.2 Å². The van der Waals surface area contributed by atoms with Crippen LogP contribution in [0.2, 0.25) is 0 Å². The van der Waals surface area contributed by atoms with Crippen LogP contribution in [0.3, 0.4) is 0 Å². The van der Waals surface area contributed by atoms with Crippen molar-refractivity contribution < 1.29 is 28.2 Å². The van der Waals surface area contributed by atoms with Crippen LogP contribution in [0, 0.1) is 19.8 Å². The molecule has 34 heavy (non-hydrogen) atoms. The van der Waals surface area contributed by atoms with E-state index < -0.39 is 23.5 Å². The van der Waals surface area contributed by atoms with Gasteiger partial charge < -0.3 is 23.9 Å². The lowest BCUT2D eigenvalue weighted by Gasteiger charge is -2.21. The van der Waals surface area contributed by atoms with Crippen LogP contribution in [0.1, 0.15) is 40.9 Å². The molecule has 3 rings (SSSR count). The second-order valence-electron chi connectivity index (χ2n) is 8.38. The molecular weight excluding hydrogens is 438 g/mol. The highest BCUT2D eigenvalue weighted by molar-refractivity contribution is 5.97. The predicted molar refractivity (Wildman–Crippen MR) is 127 cm³/mol. The van der Waals surface area contributed by atoms with Gasteiger partial charge in [-0.15, -0.1) is 0 Å². The molecule has 0 unspecified atom stereocenters. The van der Waals surface area contributed by atoms with Gasteiger partial charge in [0.25, 0.3) is 5.91 Å². The fourth-order valence-corrected chi connectivity index (χ4v) is 3.54. The van der Waals surface area contributed by atoms with Crippen LogP contribution >= 0.6 is 0 Å². The van der Waals surface area contributed by atoms with Crippen LogP contribution in [-0.4, -0.2) is 32.1 Å². The second kappa shape index (κ2) is 10.4. The van der Waals surface area contributed by atoms with Crippen molar-refractivity contribution in [2.24, 2.45) is 5.92 Å². The number of fused-ring (bicyclic) bond motifs is 1. The van der Waals surface area contributed by atoms with Crippen LogP contribution in [0.25, 0.3) is 11.0 Å². The topological polar surface area (TPSA) is 104 Å². The van der Waals surface area contributed by atoms with Crippen LogP contribution in [0.5, 0.6) is 11.5 Å². The van der Waals surface area contributed by atoms with Gasteiger partial charge in [0, 0.05) is 28.6 Å². The van der Waals surface area contributed by atoms with Gasteiger partial charge in [0.15, 0.2) is 0 Å². The zero-order valence-electron chi connectivity index (χ0n) is 20.2. The standard InChI is InChI=1S/C26H29NO7/c1-14(2)23(27-25(29)17-9-19(31-5)12-20(10-17)32-6)26(30)33-13-18-11-22(28)34-24-16(4)15(3)7-8-21(18)24/h7-12,14,23H,13H2,1-6H3,(H,27,29)/t23-/m0/s1. The smallest absolute Gasteiger partial charge is 0.336 e. The van der Waals surface area contributed by atoms with Crippen molar-refractivity contribution in [3.8, 4) is 11.5 Å². The summed E-state index contributed by atoms with van der Waals surface area (Å²) in [5.41, 5.74) is 2.61. The summed E-state index contributed by atoms with van der Waals surface area (Å²) < 4.78 is 21.3. The molecule has 0 fully saturated rings. The molecule has 8 heteroatoms. The number of rotatable bonds is 8. The molecule has 1 heterocycles. The van der Waals surface area contributed by atoms with Crippen LogP contribution in [0.4, 0.5) is 0 Å². The van der Waals surface area contributed by atoms with E-state index in [0.29, 0.717) is 28.0 Å². The molecule has 0 spiro atoms. The van der Waals surface area contributed by atoms with E-state index in [0.717, 1.165) is 11.1 Å². The number of carbonyl (C=O) groups excluding carboxylic acids is 2. The molecule has 0 aliphatic carbocycles. The Kier molecular flexibility index (Phi) is 7.61. The number of ether oxygens (including phenoxy) is 3. The highest BCUT2D eigenvalue weighted by Gasteiger charge is 2.27. The largest absolute Gasteiger partial charge is 0.497 e. The lowest BCUT2D eigenvalue weighted by Crippen LogP contribution is -2.45. The Labute approximate surface area is 197 Å². The van der Waals surface area contributed by atoms with Gasteiger partial charge in [-0.2, -0.15) is 0 Å². The third-order valence-corrected chi connectivity index (χ3v) is 5.71. The molecule has 1 aromatic heterocycles. The molecule has 1 amide bonds. The third kappa shape index (κ3) is 5.39. The maximum Gasteiger partial charge on any atom is 0.336 e. The monoisotopic (exact) mass is 467 g/mol. The van der Waals surface area contributed by atoms with Crippen molar-refractivity contribution in [3.63, 3.8) is 0 Å². The Bertz CT molecular complexity index is 1250. The summed E-state index contributed by atoms with van der Waals surface area (Å²) >= 11 is 0. The maximum atomic E-state index is 12.9. The highest BCUT2D eigenvalue weighted by atomic mass is 16.5. The molecule has 3 aromatic rings. The maximum absolute atomic E-state index is 12.9. The Hall–Kier alpha value is -3.81. The molecule has 1 atom stereocenters. The molecule has 8 nitrogen and oxygen atoms in total. The first kappa shape index (κ1) is 24.8. The predicted octanol–water partition coefficient (Wildman–Crippen LogP) is 3.92. The average Bonchev–Trinajstić information content (AvgIpc) is 2.82. The Balaban J connectivity index is 1.80. The lowest BCUT2D eigenvalue weighted by molar-refractivity contribution is -0.148. The molecule has 0 saturated heterocycles. The van der Waals surface area contributed by atoms with E-state index in [1.54, 1.807) is 32.0 Å². The van der Waals surface area contributed by atoms with E-state index >= 15 is 0 Å². The number of amides is 1. The first-order valence-electron chi connectivity index (χ1n) is 10.9. The third-order valence-electron chi connectivity index (χ3n) is 5.71. The minimum atomic E-state index is -0.903. The summed E-state index contributed by atoms with van der Waals surface area (Å²) in [6.07, 6.45) is 0. The molecule has 180 valence electrons. The molecule has 0 aliphatic rings. The molecule has 1 N–H and O–H groups in total. The minimum absolute atomic E-state index is 0.129. The van der Waals surface area contributed by atoms with E-state index in [4.69, 9.17) is 18.6 Å². The molecule has 0 radical (unpaired) electrons. The summed E-state index contributed by atoms with van der Waals surface area (Å²) in [5.74, 6) is -0.415. The fourth-order valence-electron chi connectivity index (χ4n) is 3.54. The van der Waals surface area contributed by atoms with Crippen LogP contribution in [-0.2, 0) is 16.1 Å². The summed E-state index contributed by atoms with van der Waals surface area (Å²) in [6, 6.07) is 8.93. The van der Waals surface area contributed by atoms with Crippen molar-refractivity contribution in [3.05, 3.63) is 69.1 Å². The van der Waals surface area contributed by atoms with Crippen molar-refractivity contribution in [2.45, 2.75) is 40.3 Å². The number of esters is 1. The first-order valence-corrected chi connectivity index (χ1v) is 10.9. The molecule has 0 bridgehead atoms. The van der Waals surface area contributed by atoms with Gasteiger partial charge in [-0.25, -0.2) is 9.59 Å². The van der Waals surface area contributed by atoms with Gasteiger partial charge in [0.1, 0.15) is 29.7 Å². The number of benzene rings is 2. The molecule has 0 aliphatic heterocycles. The quantitative estimate of drug-likeness (QED) is 0.395. The highest BCUT2D eigenvalue weighted by Crippen LogP contribution is 2.25. The SMILES string of the molecule is COc1cc(OC)cc(C(=O)N[C@H](C(=O)OCc2cc(=O)oc3c(C)c(C)ccc23)C(C)C)c1. The summed E-state index contributed by atoms with van der Waals surface area (Å²) in [7, 11) is 2.98. The first-order chi connectivity index (χ1) is 16.1. The second-order valence-corrected chi connectivity index (χ2v) is 8.38. The molecular formula is C26H29NO7. The van der Waals surface area contributed by atoms with Crippen molar-refractivity contribution in [1.29, 1.82) is 0 Å². The zero-order chi connectivity index (χ0) is 25.0. The van der Waals surface area contributed by atoms with Crippen LogP contribution in [0.15, 0.2) is 45.6 Å². The van der Waals surface area contributed by atoms with E-state index in [9.17, 15) is 14.4 Å². The summed E-state index contributed by atoms with van der Waals surface area (Å²) in [5, 5.41) is 3.43. The number of hydrogen-bond acceptors (Lipinski definition) is 7. The van der Waals surface area contributed by atoms with E-state index in [1.807, 2.05) is 26.0 Å². The van der Waals surface area contributed by atoms with E-state index in [2.05, 4.69) is 5.32 Å². The fraction of sp³-hybridized carbons (Fsp3) is 0.346. The van der Waals surface area contributed by atoms with Crippen molar-refractivity contribution in [1.82, 2.24) is 5.32 Å². The van der Waals surface area contributed by atoms with Gasteiger partial charge >= 0.3 is 11.6 Å². The van der Waals surface area contributed by atoms with Crippen molar-refractivity contribution in [2.75, 3.05) is 14.2 Å². The zero-order valence-corrected chi connectivity index (χ0v) is 20.2. The number of aryl methyl sites for hydroxylation is 2. The molecule has 0 saturated carbocycles. The van der Waals surface area contributed by atoms with E-state index in [-0.39, 0.29) is 18.1 Å². The summed E-state index contributed by atoms with van der Waals surface area (Å²) in [6.45, 7) is 7.27. The van der Waals surface area contributed by atoms with Crippen molar-refractivity contribution >= 4 is 22.8 Å². The number of hydrogen-bond donors (Lipinski definition) is 1. The Morgan fingerprint density at radius 3 is 2.24 bits per heavy atom. The number of carbonyl (C=O) groups is 2. The minimum Gasteiger partial charge on any atom is -0.497 e. The van der Waals surface area contributed by atoms with Gasteiger partial charge in [-0.3, -0.25) is 4.79 Å². The number of methoxy groups -OCH3 is 2. The van der Waals surface area contributed by atoms with Crippen LogP contribution < -0.4 is 20.4 Å². The Morgan fingerprint density at radius 1 is 1.00 bits per heavy atom. The Morgan fingerprint density at radius 2 is 1.65 bits per heavy atom.